The zero-order chi connectivity index (χ0) is 14.8. The van der Waals surface area contributed by atoms with Crippen molar-refractivity contribution in [1.29, 1.82) is 0 Å². The fraction of sp³-hybridized carbons (Fsp3) is 0.0625. The summed E-state index contributed by atoms with van der Waals surface area (Å²) in [7, 11) is 1.59. The Hall–Kier alpha value is -2.82. The molecule has 2 aromatic carbocycles. The van der Waals surface area contributed by atoms with E-state index < -0.39 is 0 Å². The number of nitrogens with two attached hydrogens (primary N) is 1. The number of hydrogen-bond donors (Lipinski definition) is 1. The molecule has 0 saturated carbocycles. The molecule has 0 aliphatic carbocycles. The van der Waals surface area contributed by atoms with Crippen LogP contribution in [0.4, 0.5) is 10.2 Å². The quantitative estimate of drug-likeness (QED) is 0.796. The van der Waals surface area contributed by atoms with Gasteiger partial charge in [-0.25, -0.2) is 4.39 Å². The molecule has 1 aromatic heterocycles. The second-order valence-electron chi connectivity index (χ2n) is 4.51. The summed E-state index contributed by atoms with van der Waals surface area (Å²) in [4.78, 5) is 0. The summed E-state index contributed by atoms with van der Waals surface area (Å²) in [6, 6.07) is 13.4. The van der Waals surface area contributed by atoms with Gasteiger partial charge in [0.05, 0.1) is 12.7 Å². The van der Waals surface area contributed by atoms with Crippen LogP contribution in [0, 0.1) is 5.82 Å². The van der Waals surface area contributed by atoms with Gasteiger partial charge in [-0.05, 0) is 42.0 Å². The minimum atomic E-state index is -0.311. The van der Waals surface area contributed by atoms with Gasteiger partial charge < -0.3 is 15.0 Å². The van der Waals surface area contributed by atoms with E-state index in [0.29, 0.717) is 22.6 Å². The topological polar surface area (TPSA) is 61.3 Å². The first kappa shape index (κ1) is 13.2. The molecule has 0 bridgehead atoms. The SMILES string of the molecule is COc1cccc(-c2c(N)noc2-c2ccc(F)cc2)c1. The number of ether oxygens (including phenoxy) is 1. The van der Waals surface area contributed by atoms with Crippen LogP contribution in [0.2, 0.25) is 0 Å². The maximum absolute atomic E-state index is 13.0. The van der Waals surface area contributed by atoms with E-state index in [1.807, 2.05) is 24.3 Å². The molecule has 0 radical (unpaired) electrons. The van der Waals surface area contributed by atoms with E-state index in [1.165, 1.54) is 12.1 Å². The highest BCUT2D eigenvalue weighted by molar-refractivity contribution is 5.86. The first-order chi connectivity index (χ1) is 10.2. The van der Waals surface area contributed by atoms with Crippen molar-refractivity contribution in [3.63, 3.8) is 0 Å². The molecular formula is C16H13FN2O2. The Morgan fingerprint density at radius 2 is 1.86 bits per heavy atom. The van der Waals surface area contributed by atoms with Gasteiger partial charge in [0.25, 0.3) is 0 Å². The number of methoxy groups -OCH3 is 1. The molecule has 1 heterocycles. The van der Waals surface area contributed by atoms with Gasteiger partial charge in [0.15, 0.2) is 11.6 Å². The van der Waals surface area contributed by atoms with Crippen molar-refractivity contribution in [2.24, 2.45) is 0 Å². The molecule has 0 amide bonds. The molecule has 21 heavy (non-hydrogen) atoms. The van der Waals surface area contributed by atoms with Crippen LogP contribution in [0.15, 0.2) is 53.1 Å². The van der Waals surface area contributed by atoms with E-state index in [9.17, 15) is 4.39 Å². The third-order valence-electron chi connectivity index (χ3n) is 3.18. The van der Waals surface area contributed by atoms with Crippen molar-refractivity contribution in [2.75, 3.05) is 12.8 Å². The Morgan fingerprint density at radius 1 is 1.10 bits per heavy atom. The zero-order valence-corrected chi connectivity index (χ0v) is 11.3. The minimum absolute atomic E-state index is 0.280. The highest BCUT2D eigenvalue weighted by Gasteiger charge is 2.18. The van der Waals surface area contributed by atoms with Crippen LogP contribution in [0.25, 0.3) is 22.5 Å². The molecule has 3 rings (SSSR count). The average molecular weight is 284 g/mol. The van der Waals surface area contributed by atoms with Crippen LogP contribution < -0.4 is 10.5 Å². The van der Waals surface area contributed by atoms with Gasteiger partial charge in [0.2, 0.25) is 0 Å². The van der Waals surface area contributed by atoms with E-state index >= 15 is 0 Å². The van der Waals surface area contributed by atoms with Gasteiger partial charge in [-0.3, -0.25) is 0 Å². The van der Waals surface area contributed by atoms with E-state index in [-0.39, 0.29) is 11.6 Å². The molecule has 2 N–H and O–H groups in total. The lowest BCUT2D eigenvalue weighted by atomic mass is 10.0. The molecule has 0 aliphatic rings. The minimum Gasteiger partial charge on any atom is -0.497 e. The summed E-state index contributed by atoms with van der Waals surface area (Å²) >= 11 is 0. The monoisotopic (exact) mass is 284 g/mol. The second-order valence-corrected chi connectivity index (χ2v) is 4.51. The molecule has 0 fully saturated rings. The molecule has 0 saturated heterocycles. The fourth-order valence-corrected chi connectivity index (χ4v) is 2.16. The van der Waals surface area contributed by atoms with Crippen LogP contribution in [-0.4, -0.2) is 12.3 Å². The van der Waals surface area contributed by atoms with Crippen LogP contribution in [0.1, 0.15) is 0 Å². The number of rotatable bonds is 3. The lowest BCUT2D eigenvalue weighted by Gasteiger charge is -2.05. The van der Waals surface area contributed by atoms with Crippen LogP contribution in [0.5, 0.6) is 5.75 Å². The van der Waals surface area contributed by atoms with Crippen molar-refractivity contribution in [2.45, 2.75) is 0 Å². The summed E-state index contributed by atoms with van der Waals surface area (Å²) in [5, 5.41) is 3.82. The van der Waals surface area contributed by atoms with Crippen molar-refractivity contribution < 1.29 is 13.7 Å². The van der Waals surface area contributed by atoms with E-state index in [1.54, 1.807) is 19.2 Å². The standard InChI is InChI=1S/C16H13FN2O2/c1-20-13-4-2-3-11(9-13)14-15(21-19-16(14)18)10-5-7-12(17)8-6-10/h2-9H,1H3,(H2,18,19). The maximum atomic E-state index is 13.0. The Morgan fingerprint density at radius 3 is 2.57 bits per heavy atom. The van der Waals surface area contributed by atoms with Gasteiger partial charge >= 0.3 is 0 Å². The van der Waals surface area contributed by atoms with Gasteiger partial charge in [0, 0.05) is 5.56 Å². The molecular weight excluding hydrogens is 271 g/mol. The highest BCUT2D eigenvalue weighted by atomic mass is 19.1. The molecule has 0 aliphatic heterocycles. The molecule has 0 spiro atoms. The van der Waals surface area contributed by atoms with Gasteiger partial charge in [-0.2, -0.15) is 0 Å². The molecule has 4 nitrogen and oxygen atoms in total. The summed E-state index contributed by atoms with van der Waals surface area (Å²) in [6.07, 6.45) is 0. The normalized spacial score (nSPS) is 10.6. The fourth-order valence-electron chi connectivity index (χ4n) is 2.16. The van der Waals surface area contributed by atoms with E-state index in [0.717, 1.165) is 5.56 Å². The third kappa shape index (κ3) is 2.45. The van der Waals surface area contributed by atoms with Crippen molar-refractivity contribution in [3.8, 4) is 28.2 Å². The second kappa shape index (κ2) is 5.28. The van der Waals surface area contributed by atoms with Crippen LogP contribution >= 0.6 is 0 Å². The average Bonchev–Trinajstić information content (AvgIpc) is 2.90. The Balaban J connectivity index is 2.14. The molecule has 0 unspecified atom stereocenters. The van der Waals surface area contributed by atoms with Crippen LogP contribution in [-0.2, 0) is 0 Å². The predicted octanol–water partition coefficient (Wildman–Crippen LogP) is 3.74. The smallest absolute Gasteiger partial charge is 0.176 e. The lowest BCUT2D eigenvalue weighted by Crippen LogP contribution is -1.90. The zero-order valence-electron chi connectivity index (χ0n) is 11.3. The molecule has 106 valence electrons. The number of benzene rings is 2. The number of nitrogens with zero attached hydrogens (tertiary/aromatic N) is 1. The molecule has 0 atom stereocenters. The largest absolute Gasteiger partial charge is 0.497 e. The number of aromatic nitrogens is 1. The van der Waals surface area contributed by atoms with E-state index in [2.05, 4.69) is 5.16 Å². The first-order valence-electron chi connectivity index (χ1n) is 6.34. The molecule has 5 heteroatoms. The number of nitrogen functional groups attached to an aromatic ring is 1. The predicted molar refractivity (Wildman–Crippen MR) is 78.3 cm³/mol. The van der Waals surface area contributed by atoms with Crippen molar-refractivity contribution >= 4 is 5.82 Å². The van der Waals surface area contributed by atoms with Gasteiger partial charge in [-0.1, -0.05) is 17.3 Å². The Labute approximate surface area is 120 Å². The molecule has 3 aromatic rings. The van der Waals surface area contributed by atoms with Gasteiger partial charge in [0.1, 0.15) is 11.6 Å². The maximum Gasteiger partial charge on any atom is 0.176 e. The van der Waals surface area contributed by atoms with Crippen molar-refractivity contribution in [3.05, 3.63) is 54.3 Å². The first-order valence-corrected chi connectivity index (χ1v) is 6.34. The number of anilines is 1. The lowest BCUT2D eigenvalue weighted by molar-refractivity contribution is 0.415. The summed E-state index contributed by atoms with van der Waals surface area (Å²) in [6.45, 7) is 0. The summed E-state index contributed by atoms with van der Waals surface area (Å²) in [5.41, 5.74) is 8.11. The van der Waals surface area contributed by atoms with Crippen molar-refractivity contribution in [1.82, 2.24) is 5.16 Å². The highest BCUT2D eigenvalue weighted by Crippen LogP contribution is 2.37. The Bertz CT molecular complexity index is 766. The number of halogens is 1. The Kier molecular flexibility index (Phi) is 3.31. The van der Waals surface area contributed by atoms with Gasteiger partial charge in [-0.15, -0.1) is 0 Å². The van der Waals surface area contributed by atoms with Crippen LogP contribution in [0.3, 0.4) is 0 Å². The van der Waals surface area contributed by atoms with E-state index in [4.69, 9.17) is 15.0 Å². The summed E-state index contributed by atoms with van der Waals surface area (Å²) < 4.78 is 23.6. The summed E-state index contributed by atoms with van der Waals surface area (Å²) in [5.74, 6) is 1.18. The number of hydrogen-bond acceptors (Lipinski definition) is 4. The third-order valence-corrected chi connectivity index (χ3v) is 3.18.